The molecule has 0 aromatic heterocycles. The van der Waals surface area contributed by atoms with E-state index >= 15 is 0 Å². The molecule has 6 heteroatoms. The van der Waals surface area contributed by atoms with Gasteiger partial charge in [0.1, 0.15) is 6.61 Å². The van der Waals surface area contributed by atoms with Crippen molar-refractivity contribution in [2.75, 3.05) is 0 Å². The first-order valence-corrected chi connectivity index (χ1v) is 7.57. The SMILES string of the molecule is O=C(O)Cc1ccc(COc2c(Cl)cc(Br)cc2Cl)cc1. The van der Waals surface area contributed by atoms with Gasteiger partial charge in [-0.05, 0) is 23.3 Å². The van der Waals surface area contributed by atoms with Gasteiger partial charge in [-0.1, -0.05) is 63.4 Å². The standard InChI is InChI=1S/C15H11BrCl2O3/c16-11-6-12(17)15(13(18)7-11)21-8-10-3-1-9(2-4-10)5-14(19)20/h1-4,6-7H,5,8H2,(H,19,20). The topological polar surface area (TPSA) is 46.5 Å². The molecular formula is C15H11BrCl2O3. The summed E-state index contributed by atoms with van der Waals surface area (Å²) in [5.41, 5.74) is 1.64. The van der Waals surface area contributed by atoms with Crippen LogP contribution in [0.15, 0.2) is 40.9 Å². The predicted molar refractivity (Wildman–Crippen MR) is 86.3 cm³/mol. The third-order valence-corrected chi connectivity index (χ3v) is 3.74. The Morgan fingerprint density at radius 1 is 1.10 bits per heavy atom. The number of aliphatic carboxylic acids is 1. The second-order valence-electron chi connectivity index (χ2n) is 4.37. The van der Waals surface area contributed by atoms with Crippen molar-refractivity contribution < 1.29 is 14.6 Å². The van der Waals surface area contributed by atoms with Crippen molar-refractivity contribution in [3.05, 3.63) is 62.0 Å². The summed E-state index contributed by atoms with van der Waals surface area (Å²) in [6.07, 6.45) is 0.00546. The molecule has 110 valence electrons. The monoisotopic (exact) mass is 388 g/mol. The Kier molecular flexibility index (Phi) is 5.51. The van der Waals surface area contributed by atoms with Gasteiger partial charge in [-0.15, -0.1) is 0 Å². The number of halogens is 3. The van der Waals surface area contributed by atoms with Crippen LogP contribution >= 0.6 is 39.1 Å². The normalized spacial score (nSPS) is 10.4. The van der Waals surface area contributed by atoms with E-state index in [1.165, 1.54) is 0 Å². The van der Waals surface area contributed by atoms with Crippen molar-refractivity contribution in [3.8, 4) is 5.75 Å². The highest BCUT2D eigenvalue weighted by atomic mass is 79.9. The second kappa shape index (κ2) is 7.16. The van der Waals surface area contributed by atoms with Crippen LogP contribution in [0.1, 0.15) is 11.1 Å². The van der Waals surface area contributed by atoms with Crippen molar-refractivity contribution >= 4 is 45.1 Å². The number of rotatable bonds is 5. The first-order valence-electron chi connectivity index (χ1n) is 6.02. The van der Waals surface area contributed by atoms with Crippen LogP contribution in [0, 0.1) is 0 Å². The highest BCUT2D eigenvalue weighted by Crippen LogP contribution is 2.36. The minimum Gasteiger partial charge on any atom is -0.486 e. The van der Waals surface area contributed by atoms with Crippen LogP contribution in [0.2, 0.25) is 10.0 Å². The molecule has 0 saturated heterocycles. The van der Waals surface area contributed by atoms with Crippen molar-refractivity contribution in [1.29, 1.82) is 0 Å². The average Bonchev–Trinajstić information content (AvgIpc) is 2.38. The molecular weight excluding hydrogens is 379 g/mol. The maximum atomic E-state index is 10.6. The molecule has 2 rings (SSSR count). The fourth-order valence-corrected chi connectivity index (χ4v) is 3.07. The van der Waals surface area contributed by atoms with E-state index in [2.05, 4.69) is 15.9 Å². The molecule has 0 aliphatic heterocycles. The van der Waals surface area contributed by atoms with Gasteiger partial charge in [0, 0.05) is 4.47 Å². The Morgan fingerprint density at radius 3 is 2.14 bits per heavy atom. The van der Waals surface area contributed by atoms with Crippen molar-refractivity contribution in [3.63, 3.8) is 0 Å². The summed E-state index contributed by atoms with van der Waals surface area (Å²) in [6.45, 7) is 0.300. The van der Waals surface area contributed by atoms with Crippen LogP contribution in [0.4, 0.5) is 0 Å². The zero-order valence-corrected chi connectivity index (χ0v) is 13.9. The second-order valence-corrected chi connectivity index (χ2v) is 6.10. The molecule has 1 N–H and O–H groups in total. The first-order chi connectivity index (χ1) is 9.95. The molecule has 0 heterocycles. The highest BCUT2D eigenvalue weighted by molar-refractivity contribution is 9.10. The molecule has 0 radical (unpaired) electrons. The minimum absolute atomic E-state index is 0.00546. The lowest BCUT2D eigenvalue weighted by Crippen LogP contribution is -2.01. The number of ether oxygens (including phenoxy) is 1. The number of hydrogen-bond acceptors (Lipinski definition) is 2. The van der Waals surface area contributed by atoms with Gasteiger partial charge in [0.2, 0.25) is 0 Å². The molecule has 2 aromatic rings. The molecule has 3 nitrogen and oxygen atoms in total. The maximum absolute atomic E-state index is 10.6. The lowest BCUT2D eigenvalue weighted by molar-refractivity contribution is -0.136. The van der Waals surface area contributed by atoms with Gasteiger partial charge in [0.15, 0.2) is 5.75 Å². The van der Waals surface area contributed by atoms with Crippen LogP contribution in [-0.2, 0) is 17.8 Å². The number of benzene rings is 2. The van der Waals surface area contributed by atoms with E-state index in [0.29, 0.717) is 22.4 Å². The Balaban J connectivity index is 2.05. The maximum Gasteiger partial charge on any atom is 0.307 e. The summed E-state index contributed by atoms with van der Waals surface area (Å²) in [6, 6.07) is 10.6. The van der Waals surface area contributed by atoms with Crippen molar-refractivity contribution in [1.82, 2.24) is 0 Å². The zero-order valence-electron chi connectivity index (χ0n) is 10.8. The van der Waals surface area contributed by atoms with Crippen LogP contribution in [0.3, 0.4) is 0 Å². The highest BCUT2D eigenvalue weighted by Gasteiger charge is 2.09. The predicted octanol–water partition coefficient (Wildman–Crippen LogP) is 4.96. The summed E-state index contributed by atoms with van der Waals surface area (Å²) >= 11 is 15.5. The summed E-state index contributed by atoms with van der Waals surface area (Å²) < 4.78 is 6.41. The van der Waals surface area contributed by atoms with E-state index in [1.54, 1.807) is 24.3 Å². The first kappa shape index (κ1) is 16.1. The fraction of sp³-hybridized carbons (Fsp3) is 0.133. The molecule has 0 unspecified atom stereocenters. The van der Waals surface area contributed by atoms with Crippen LogP contribution in [0.5, 0.6) is 5.75 Å². The summed E-state index contributed by atoms with van der Waals surface area (Å²) in [4.78, 5) is 10.6. The largest absolute Gasteiger partial charge is 0.486 e. The molecule has 0 aliphatic carbocycles. The molecule has 0 aliphatic rings. The smallest absolute Gasteiger partial charge is 0.307 e. The summed E-state index contributed by atoms with van der Waals surface area (Å²) in [5, 5.41) is 9.57. The van der Waals surface area contributed by atoms with Gasteiger partial charge in [0.05, 0.1) is 16.5 Å². The van der Waals surface area contributed by atoms with Gasteiger partial charge in [-0.3, -0.25) is 4.79 Å². The summed E-state index contributed by atoms with van der Waals surface area (Å²) in [7, 11) is 0. The Morgan fingerprint density at radius 2 is 1.62 bits per heavy atom. The number of carboxylic acids is 1. The lowest BCUT2D eigenvalue weighted by atomic mass is 10.1. The zero-order chi connectivity index (χ0) is 15.4. The van der Waals surface area contributed by atoms with Crippen LogP contribution < -0.4 is 4.74 Å². The molecule has 21 heavy (non-hydrogen) atoms. The molecule has 0 fully saturated rings. The lowest BCUT2D eigenvalue weighted by Gasteiger charge is -2.10. The number of hydrogen-bond donors (Lipinski definition) is 1. The minimum atomic E-state index is -0.854. The molecule has 0 amide bonds. The quantitative estimate of drug-likeness (QED) is 0.785. The summed E-state index contributed by atoms with van der Waals surface area (Å²) in [5.74, 6) is -0.427. The van der Waals surface area contributed by atoms with Crippen molar-refractivity contribution in [2.45, 2.75) is 13.0 Å². The van der Waals surface area contributed by atoms with E-state index in [1.807, 2.05) is 12.1 Å². The van der Waals surface area contributed by atoms with Gasteiger partial charge >= 0.3 is 5.97 Å². The van der Waals surface area contributed by atoms with Gasteiger partial charge in [0.25, 0.3) is 0 Å². The third-order valence-electron chi connectivity index (χ3n) is 2.72. The van der Waals surface area contributed by atoms with Crippen LogP contribution in [0.25, 0.3) is 0 Å². The average molecular weight is 390 g/mol. The Bertz CT molecular complexity index is 633. The molecule has 0 bridgehead atoms. The molecule has 0 saturated carbocycles. The Labute approximate surface area is 140 Å². The molecule has 0 atom stereocenters. The van der Waals surface area contributed by atoms with Crippen LogP contribution in [-0.4, -0.2) is 11.1 Å². The molecule has 0 spiro atoms. The number of carboxylic acid groups (broad SMARTS) is 1. The van der Waals surface area contributed by atoms with E-state index in [-0.39, 0.29) is 6.42 Å². The van der Waals surface area contributed by atoms with E-state index in [4.69, 9.17) is 33.0 Å². The number of carbonyl (C=O) groups is 1. The van der Waals surface area contributed by atoms with Gasteiger partial charge in [-0.25, -0.2) is 0 Å². The van der Waals surface area contributed by atoms with E-state index in [0.717, 1.165) is 15.6 Å². The third kappa shape index (κ3) is 4.63. The molecule has 2 aromatic carbocycles. The fourth-order valence-electron chi connectivity index (χ4n) is 1.75. The van der Waals surface area contributed by atoms with E-state index < -0.39 is 5.97 Å². The van der Waals surface area contributed by atoms with Crippen molar-refractivity contribution in [2.24, 2.45) is 0 Å². The van der Waals surface area contributed by atoms with Gasteiger partial charge < -0.3 is 9.84 Å². The Hall–Kier alpha value is -1.23. The van der Waals surface area contributed by atoms with Gasteiger partial charge in [-0.2, -0.15) is 0 Å². The van der Waals surface area contributed by atoms with E-state index in [9.17, 15) is 4.79 Å².